The number of alkyl halides is 3. The first-order valence-corrected chi connectivity index (χ1v) is 7.60. The minimum atomic E-state index is -4.86. The molecule has 2 aromatic rings. The molecule has 140 valence electrons. The molecular formula is C16H17F3N4O3. The number of amides is 1. The first-order valence-electron chi connectivity index (χ1n) is 7.60. The number of nitrogens with zero attached hydrogens (tertiary/aromatic N) is 3. The van der Waals surface area contributed by atoms with Gasteiger partial charge in [-0.2, -0.15) is 13.2 Å². The number of nitrogens with one attached hydrogen (secondary N) is 1. The molecular weight excluding hydrogens is 353 g/mol. The quantitative estimate of drug-likeness (QED) is 0.817. The summed E-state index contributed by atoms with van der Waals surface area (Å²) in [7, 11) is 0. The molecule has 1 unspecified atom stereocenters. The predicted octanol–water partition coefficient (Wildman–Crippen LogP) is 0.956. The van der Waals surface area contributed by atoms with Crippen molar-refractivity contribution in [2.24, 2.45) is 0 Å². The molecule has 0 aliphatic rings. The zero-order valence-corrected chi connectivity index (χ0v) is 14.0. The van der Waals surface area contributed by atoms with Crippen molar-refractivity contribution in [1.82, 2.24) is 19.9 Å². The van der Waals surface area contributed by atoms with Crippen LogP contribution in [0.15, 0.2) is 29.5 Å². The minimum Gasteiger partial charge on any atom is -0.382 e. The molecule has 26 heavy (non-hydrogen) atoms. The van der Waals surface area contributed by atoms with E-state index in [1.807, 2.05) is 5.32 Å². The molecule has 0 saturated carbocycles. The number of hydrogen-bond donors (Lipinski definition) is 2. The second-order valence-electron chi connectivity index (χ2n) is 5.72. The maximum absolute atomic E-state index is 12.5. The van der Waals surface area contributed by atoms with E-state index in [1.165, 1.54) is 36.1 Å². The molecule has 0 aliphatic heterocycles. The van der Waals surface area contributed by atoms with E-state index in [2.05, 4.69) is 9.97 Å². The van der Waals surface area contributed by atoms with E-state index < -0.39 is 30.3 Å². The first kappa shape index (κ1) is 19.6. The second kappa shape index (κ2) is 7.65. The molecule has 0 saturated heterocycles. The van der Waals surface area contributed by atoms with Crippen LogP contribution in [0.3, 0.4) is 0 Å². The van der Waals surface area contributed by atoms with Crippen LogP contribution in [-0.4, -0.2) is 44.4 Å². The number of carbonyl (C=O) groups excluding carboxylic acids is 1. The summed E-state index contributed by atoms with van der Waals surface area (Å²) in [6.07, 6.45) is -3.09. The number of rotatable bonds is 5. The summed E-state index contributed by atoms with van der Waals surface area (Å²) in [5.41, 5.74) is 0.530. The molecule has 2 N–H and O–H groups in total. The lowest BCUT2D eigenvalue weighted by Gasteiger charge is -2.16. The zero-order chi connectivity index (χ0) is 19.5. The third kappa shape index (κ3) is 4.66. The normalized spacial score (nSPS) is 12.7. The number of hydrogen-bond acceptors (Lipinski definition) is 5. The summed E-state index contributed by atoms with van der Waals surface area (Å²) in [5.74, 6) is -0.986. The number of aliphatic hydroxyl groups excluding tert-OH is 1. The highest BCUT2D eigenvalue weighted by Crippen LogP contribution is 2.19. The molecule has 0 radical (unpaired) electrons. The maximum Gasteiger partial charge on any atom is 0.416 e. The van der Waals surface area contributed by atoms with Crippen molar-refractivity contribution < 1.29 is 23.1 Å². The van der Waals surface area contributed by atoms with Crippen LogP contribution in [-0.2, 0) is 6.54 Å². The van der Waals surface area contributed by atoms with Gasteiger partial charge in [0.2, 0.25) is 0 Å². The molecule has 1 amide bonds. The van der Waals surface area contributed by atoms with Gasteiger partial charge in [0.25, 0.3) is 11.5 Å². The topological polar surface area (TPSA) is 97.1 Å². The molecule has 0 aromatic carbocycles. The Bertz CT molecular complexity index is 847. The molecule has 0 fully saturated rings. The van der Waals surface area contributed by atoms with Gasteiger partial charge in [-0.3, -0.25) is 19.6 Å². The lowest BCUT2D eigenvalue weighted by atomic mass is 10.1. The highest BCUT2D eigenvalue weighted by atomic mass is 19.4. The van der Waals surface area contributed by atoms with E-state index in [0.29, 0.717) is 17.0 Å². The Morgan fingerprint density at radius 1 is 1.31 bits per heavy atom. The Labute approximate surface area is 146 Å². The van der Waals surface area contributed by atoms with Crippen LogP contribution in [0, 0.1) is 13.8 Å². The summed E-state index contributed by atoms with van der Waals surface area (Å²) in [4.78, 5) is 32.8. The SMILES string of the molecule is Cc1cnc(Cn2ccc(C)c(C(=O)NCC(O)C(F)(F)F)c2=O)cn1. The van der Waals surface area contributed by atoms with Gasteiger partial charge >= 0.3 is 6.18 Å². The molecule has 0 bridgehead atoms. The average Bonchev–Trinajstić information content (AvgIpc) is 2.56. The van der Waals surface area contributed by atoms with Crippen LogP contribution in [0.1, 0.15) is 27.3 Å². The molecule has 2 heterocycles. The van der Waals surface area contributed by atoms with Gasteiger partial charge in [0.15, 0.2) is 6.10 Å². The van der Waals surface area contributed by atoms with Crippen molar-refractivity contribution in [3.63, 3.8) is 0 Å². The van der Waals surface area contributed by atoms with E-state index in [0.717, 1.165) is 0 Å². The number of aryl methyl sites for hydroxylation is 2. The molecule has 2 aromatic heterocycles. The zero-order valence-electron chi connectivity index (χ0n) is 14.0. The number of carbonyl (C=O) groups is 1. The fraction of sp³-hybridized carbons (Fsp3) is 0.375. The van der Waals surface area contributed by atoms with Crippen molar-refractivity contribution in [2.75, 3.05) is 6.54 Å². The number of aliphatic hydroxyl groups is 1. The summed E-state index contributed by atoms with van der Waals surface area (Å²) in [6.45, 7) is 2.26. The van der Waals surface area contributed by atoms with Gasteiger partial charge in [-0.05, 0) is 25.5 Å². The van der Waals surface area contributed by atoms with Crippen LogP contribution in [0.5, 0.6) is 0 Å². The van der Waals surface area contributed by atoms with E-state index in [1.54, 1.807) is 6.92 Å². The third-order valence-electron chi connectivity index (χ3n) is 3.60. The lowest BCUT2D eigenvalue weighted by Crippen LogP contribution is -2.42. The van der Waals surface area contributed by atoms with Gasteiger partial charge in [-0.15, -0.1) is 0 Å². The van der Waals surface area contributed by atoms with Gasteiger partial charge in [0, 0.05) is 12.4 Å². The van der Waals surface area contributed by atoms with Gasteiger partial charge < -0.3 is 15.0 Å². The van der Waals surface area contributed by atoms with Crippen LogP contribution in [0.2, 0.25) is 0 Å². The van der Waals surface area contributed by atoms with Crippen LogP contribution in [0.25, 0.3) is 0 Å². The predicted molar refractivity (Wildman–Crippen MR) is 85.7 cm³/mol. The summed E-state index contributed by atoms with van der Waals surface area (Å²) in [5, 5.41) is 10.9. The minimum absolute atomic E-state index is 0.0534. The maximum atomic E-state index is 12.5. The van der Waals surface area contributed by atoms with Crippen molar-refractivity contribution >= 4 is 5.91 Å². The van der Waals surface area contributed by atoms with Gasteiger partial charge in [-0.1, -0.05) is 0 Å². The van der Waals surface area contributed by atoms with Gasteiger partial charge in [-0.25, -0.2) is 0 Å². The Morgan fingerprint density at radius 2 is 2.00 bits per heavy atom. The Morgan fingerprint density at radius 3 is 2.58 bits per heavy atom. The molecule has 2 rings (SSSR count). The summed E-state index contributed by atoms with van der Waals surface area (Å²) >= 11 is 0. The van der Waals surface area contributed by atoms with Crippen molar-refractivity contribution in [2.45, 2.75) is 32.7 Å². The second-order valence-corrected chi connectivity index (χ2v) is 5.72. The van der Waals surface area contributed by atoms with Crippen LogP contribution in [0.4, 0.5) is 13.2 Å². The van der Waals surface area contributed by atoms with Crippen molar-refractivity contribution in [1.29, 1.82) is 0 Å². The van der Waals surface area contributed by atoms with E-state index >= 15 is 0 Å². The van der Waals surface area contributed by atoms with E-state index in [9.17, 15) is 22.8 Å². The number of pyridine rings is 1. The van der Waals surface area contributed by atoms with Crippen LogP contribution >= 0.6 is 0 Å². The van der Waals surface area contributed by atoms with Gasteiger partial charge in [0.1, 0.15) is 5.56 Å². The van der Waals surface area contributed by atoms with E-state index in [4.69, 9.17) is 5.11 Å². The monoisotopic (exact) mass is 370 g/mol. The first-order chi connectivity index (χ1) is 12.1. The number of aromatic nitrogens is 3. The van der Waals surface area contributed by atoms with Gasteiger partial charge in [0.05, 0.1) is 30.7 Å². The highest BCUT2D eigenvalue weighted by molar-refractivity contribution is 5.95. The summed E-state index contributed by atoms with van der Waals surface area (Å²) < 4.78 is 38.2. The van der Waals surface area contributed by atoms with E-state index in [-0.39, 0.29) is 12.1 Å². The molecule has 7 nitrogen and oxygen atoms in total. The molecule has 1 atom stereocenters. The molecule has 0 aliphatic carbocycles. The smallest absolute Gasteiger partial charge is 0.382 e. The Balaban J connectivity index is 2.22. The Hall–Kier alpha value is -2.75. The average molecular weight is 370 g/mol. The van der Waals surface area contributed by atoms with Crippen molar-refractivity contribution in [3.8, 4) is 0 Å². The van der Waals surface area contributed by atoms with Crippen molar-refractivity contribution in [3.05, 3.63) is 57.5 Å². The summed E-state index contributed by atoms with van der Waals surface area (Å²) in [6, 6.07) is 1.50. The standard InChI is InChI=1S/C16H17F3N4O3/c1-9-3-4-23(8-11-6-20-10(2)5-21-11)15(26)13(9)14(25)22-7-12(24)16(17,18)19/h3-6,12,24H,7-8H2,1-2H3,(H,22,25). The fourth-order valence-corrected chi connectivity index (χ4v) is 2.13. The largest absolute Gasteiger partial charge is 0.416 e. The molecule has 0 spiro atoms. The Kier molecular flexibility index (Phi) is 5.76. The fourth-order valence-electron chi connectivity index (χ4n) is 2.13. The lowest BCUT2D eigenvalue weighted by molar-refractivity contribution is -0.201. The third-order valence-corrected chi connectivity index (χ3v) is 3.60. The van der Waals surface area contributed by atoms with Crippen LogP contribution < -0.4 is 10.9 Å². The molecule has 10 heteroatoms. The number of halogens is 3. The highest BCUT2D eigenvalue weighted by Gasteiger charge is 2.38.